The average molecular weight is 460 g/mol. The number of aromatic nitrogens is 1. The van der Waals surface area contributed by atoms with Crippen LogP contribution in [0.15, 0.2) is 89.5 Å². The van der Waals surface area contributed by atoms with E-state index in [1.54, 1.807) is 48.7 Å². The summed E-state index contributed by atoms with van der Waals surface area (Å²) in [5.74, 6) is 0.552. The number of benzene rings is 2. The largest absolute Gasteiger partial charge is 0.459 e. The Bertz CT molecular complexity index is 1330. The van der Waals surface area contributed by atoms with Crippen molar-refractivity contribution in [3.05, 3.63) is 112 Å². The van der Waals surface area contributed by atoms with E-state index in [4.69, 9.17) is 16.6 Å². The highest BCUT2D eigenvalue weighted by Gasteiger charge is 2.42. The summed E-state index contributed by atoms with van der Waals surface area (Å²) in [5.41, 5.74) is 1.76. The summed E-state index contributed by atoms with van der Waals surface area (Å²) >= 11 is 5.63. The van der Waals surface area contributed by atoms with Gasteiger partial charge in [0, 0.05) is 18.0 Å². The molecule has 1 saturated heterocycles. The van der Waals surface area contributed by atoms with Gasteiger partial charge in [-0.05, 0) is 66.8 Å². The number of nitrogens with zero attached hydrogens (tertiary/aromatic N) is 3. The molecule has 1 aliphatic heterocycles. The van der Waals surface area contributed by atoms with Crippen LogP contribution in [0.25, 0.3) is 11.3 Å². The molecule has 7 nitrogen and oxygen atoms in total. The third-order valence-electron chi connectivity index (χ3n) is 5.49. The highest BCUT2D eigenvalue weighted by Crippen LogP contribution is 2.43. The third kappa shape index (κ3) is 3.83. The summed E-state index contributed by atoms with van der Waals surface area (Å²) in [7, 11) is 0. The lowest BCUT2D eigenvalue weighted by Crippen LogP contribution is -2.29. The van der Waals surface area contributed by atoms with Crippen molar-refractivity contribution in [2.24, 2.45) is 0 Å². The summed E-state index contributed by atoms with van der Waals surface area (Å²) in [6, 6.07) is 20.7. The van der Waals surface area contributed by atoms with Gasteiger partial charge in [0.1, 0.15) is 23.4 Å². The lowest BCUT2D eigenvalue weighted by atomic mass is 10.0. The SMILES string of the molecule is O=[N+]([O-])c1ccccc1-c1ccc([C@@H]2[C@@H](c3ccccn3)NC(=S)N2c2ccc(F)cc2)o1. The molecular formula is C24H17FN4O3S. The van der Waals surface area contributed by atoms with Gasteiger partial charge in [-0.15, -0.1) is 0 Å². The third-order valence-corrected chi connectivity index (χ3v) is 5.80. The molecule has 2 atom stereocenters. The molecule has 33 heavy (non-hydrogen) atoms. The minimum absolute atomic E-state index is 0.0462. The zero-order valence-electron chi connectivity index (χ0n) is 17.1. The number of hydrogen-bond acceptors (Lipinski definition) is 5. The van der Waals surface area contributed by atoms with Gasteiger partial charge < -0.3 is 14.6 Å². The summed E-state index contributed by atoms with van der Waals surface area (Å²) in [6.07, 6.45) is 1.69. The fraction of sp³-hybridized carbons (Fsp3) is 0.0833. The first kappa shape index (κ1) is 20.8. The lowest BCUT2D eigenvalue weighted by Gasteiger charge is -2.26. The molecule has 0 amide bonds. The number of nitro benzene ring substituents is 1. The molecule has 0 unspecified atom stereocenters. The monoisotopic (exact) mass is 460 g/mol. The summed E-state index contributed by atoms with van der Waals surface area (Å²) in [4.78, 5) is 17.4. The minimum atomic E-state index is -0.450. The number of hydrogen-bond donors (Lipinski definition) is 1. The Morgan fingerprint density at radius 1 is 1.03 bits per heavy atom. The molecule has 9 heteroatoms. The molecule has 0 bridgehead atoms. The van der Waals surface area contributed by atoms with E-state index < -0.39 is 11.0 Å². The van der Waals surface area contributed by atoms with E-state index in [9.17, 15) is 14.5 Å². The van der Waals surface area contributed by atoms with Crippen LogP contribution in [0.5, 0.6) is 0 Å². The second kappa shape index (κ2) is 8.44. The Morgan fingerprint density at radius 3 is 2.52 bits per heavy atom. The Morgan fingerprint density at radius 2 is 1.79 bits per heavy atom. The van der Waals surface area contributed by atoms with Crippen molar-refractivity contribution >= 4 is 28.7 Å². The van der Waals surface area contributed by atoms with Crippen LogP contribution in [0, 0.1) is 15.9 Å². The normalized spacial score (nSPS) is 17.7. The standard InChI is InChI=1S/C24H17FN4O3S/c25-15-8-10-16(11-9-15)28-23(22(27-24(28)33)18-6-3-4-14-26-18)21-13-12-20(32-21)17-5-1-2-7-19(17)29(30)31/h1-14,22-23H,(H,27,33)/t22-,23-/m1/s1. The van der Waals surface area contributed by atoms with Crippen LogP contribution in [-0.2, 0) is 0 Å². The zero-order valence-corrected chi connectivity index (χ0v) is 17.9. The fourth-order valence-corrected chi connectivity index (χ4v) is 4.37. The van der Waals surface area contributed by atoms with Crippen molar-refractivity contribution in [2.45, 2.75) is 12.1 Å². The van der Waals surface area contributed by atoms with Crippen LogP contribution in [0.3, 0.4) is 0 Å². The molecule has 164 valence electrons. The minimum Gasteiger partial charge on any atom is -0.459 e. The van der Waals surface area contributed by atoms with Gasteiger partial charge in [-0.1, -0.05) is 18.2 Å². The average Bonchev–Trinajstić information content (AvgIpc) is 3.45. The van der Waals surface area contributed by atoms with Gasteiger partial charge in [0.25, 0.3) is 5.69 Å². The van der Waals surface area contributed by atoms with Gasteiger partial charge >= 0.3 is 0 Å². The van der Waals surface area contributed by atoms with Gasteiger partial charge in [0.15, 0.2) is 5.11 Å². The van der Waals surface area contributed by atoms with Crippen molar-refractivity contribution in [2.75, 3.05) is 4.90 Å². The molecule has 0 saturated carbocycles. The molecule has 0 aliphatic carbocycles. The van der Waals surface area contributed by atoms with Crippen LogP contribution in [0.2, 0.25) is 0 Å². The molecule has 3 heterocycles. The number of furan rings is 1. The number of para-hydroxylation sites is 1. The molecule has 4 aromatic rings. The van der Waals surface area contributed by atoms with Gasteiger partial charge in [-0.2, -0.15) is 0 Å². The number of anilines is 1. The van der Waals surface area contributed by atoms with Crippen LogP contribution in [0.4, 0.5) is 15.8 Å². The molecule has 5 rings (SSSR count). The predicted octanol–water partition coefficient (Wildman–Crippen LogP) is 5.57. The number of nitro groups is 1. The first-order valence-corrected chi connectivity index (χ1v) is 10.5. The number of pyridine rings is 1. The van der Waals surface area contributed by atoms with Crippen LogP contribution in [-0.4, -0.2) is 15.0 Å². The maximum absolute atomic E-state index is 13.6. The summed E-state index contributed by atoms with van der Waals surface area (Å²) < 4.78 is 19.7. The number of thiocarbonyl (C=S) groups is 1. The Balaban J connectivity index is 1.61. The summed E-state index contributed by atoms with van der Waals surface area (Å²) in [6.45, 7) is 0. The maximum atomic E-state index is 13.6. The van der Waals surface area contributed by atoms with E-state index >= 15 is 0 Å². The van der Waals surface area contributed by atoms with E-state index in [1.165, 1.54) is 18.2 Å². The van der Waals surface area contributed by atoms with Crippen molar-refractivity contribution in [1.82, 2.24) is 10.3 Å². The molecular weight excluding hydrogens is 443 g/mol. The van der Waals surface area contributed by atoms with Crippen molar-refractivity contribution in [3.8, 4) is 11.3 Å². The van der Waals surface area contributed by atoms with Gasteiger partial charge in [-0.3, -0.25) is 15.1 Å². The highest BCUT2D eigenvalue weighted by molar-refractivity contribution is 7.80. The fourth-order valence-electron chi connectivity index (χ4n) is 4.02. The molecule has 2 aromatic heterocycles. The van der Waals surface area contributed by atoms with Gasteiger partial charge in [-0.25, -0.2) is 4.39 Å². The quantitative estimate of drug-likeness (QED) is 0.237. The van der Waals surface area contributed by atoms with E-state index in [0.29, 0.717) is 27.9 Å². The molecule has 0 radical (unpaired) electrons. The van der Waals surface area contributed by atoms with Crippen molar-refractivity contribution in [3.63, 3.8) is 0 Å². The first-order chi connectivity index (χ1) is 16.0. The Hall–Kier alpha value is -4.11. The second-order valence-electron chi connectivity index (χ2n) is 7.45. The first-order valence-electron chi connectivity index (χ1n) is 10.1. The lowest BCUT2D eigenvalue weighted by molar-refractivity contribution is -0.384. The molecule has 1 fully saturated rings. The summed E-state index contributed by atoms with van der Waals surface area (Å²) in [5, 5.41) is 15.2. The highest BCUT2D eigenvalue weighted by atomic mass is 32.1. The van der Waals surface area contributed by atoms with Crippen LogP contribution < -0.4 is 10.2 Å². The predicted molar refractivity (Wildman–Crippen MR) is 125 cm³/mol. The Kier molecular flexibility index (Phi) is 5.31. The van der Waals surface area contributed by atoms with Gasteiger partial charge in [0.05, 0.1) is 22.2 Å². The molecule has 1 aliphatic rings. The maximum Gasteiger partial charge on any atom is 0.280 e. The van der Waals surface area contributed by atoms with E-state index in [-0.39, 0.29) is 17.5 Å². The number of nitrogens with one attached hydrogen (secondary N) is 1. The van der Waals surface area contributed by atoms with Gasteiger partial charge in [0.2, 0.25) is 0 Å². The van der Waals surface area contributed by atoms with Crippen LogP contribution >= 0.6 is 12.2 Å². The topological polar surface area (TPSA) is 84.4 Å². The van der Waals surface area contributed by atoms with Crippen LogP contribution in [0.1, 0.15) is 23.5 Å². The molecule has 1 N–H and O–H groups in total. The number of halogens is 1. The molecule has 2 aromatic carbocycles. The van der Waals surface area contributed by atoms with E-state index in [1.807, 2.05) is 23.1 Å². The smallest absolute Gasteiger partial charge is 0.280 e. The van der Waals surface area contributed by atoms with Crippen molar-refractivity contribution < 1.29 is 13.7 Å². The second-order valence-corrected chi connectivity index (χ2v) is 7.84. The van der Waals surface area contributed by atoms with E-state index in [0.717, 1.165) is 5.69 Å². The molecule has 0 spiro atoms. The Labute approximate surface area is 193 Å². The van der Waals surface area contributed by atoms with Crippen molar-refractivity contribution in [1.29, 1.82) is 0 Å². The zero-order chi connectivity index (χ0) is 22.9. The van der Waals surface area contributed by atoms with E-state index in [2.05, 4.69) is 10.3 Å². The number of rotatable bonds is 5.